The Morgan fingerprint density at radius 2 is 1.84 bits per heavy atom. The smallest absolute Gasteiger partial charge is 0.251 e. The van der Waals surface area contributed by atoms with E-state index in [1.165, 1.54) is 3.57 Å². The zero-order valence-corrected chi connectivity index (χ0v) is 26.6. The van der Waals surface area contributed by atoms with Gasteiger partial charge >= 0.3 is 0 Å². The molecule has 1 fully saturated rings. The summed E-state index contributed by atoms with van der Waals surface area (Å²) in [6.07, 6.45) is 1.42. The summed E-state index contributed by atoms with van der Waals surface area (Å²) >= 11 is 10.8. The Hall–Kier alpha value is -1.47. The molecule has 0 radical (unpaired) electrons. The van der Waals surface area contributed by atoms with Crippen LogP contribution in [0.15, 0.2) is 54.6 Å². The molecule has 1 heterocycles. The highest BCUT2D eigenvalue weighted by molar-refractivity contribution is 14.1. The molecule has 0 unspecified atom stereocenters. The SMILES string of the molecule is CC(C)NCC[C@@H]1N[C@H](CNC(=O)c2ccc3cc(I)ccc3c2)CCN(Cc2cc(Cl)cc(I)c2)C1=O. The lowest BCUT2D eigenvalue weighted by Crippen LogP contribution is -2.49. The van der Waals surface area contributed by atoms with Crippen LogP contribution in [0.1, 0.15) is 42.6 Å². The fourth-order valence-corrected chi connectivity index (χ4v) is 6.41. The summed E-state index contributed by atoms with van der Waals surface area (Å²) in [7, 11) is 0. The maximum absolute atomic E-state index is 13.6. The molecule has 38 heavy (non-hydrogen) atoms. The highest BCUT2D eigenvalue weighted by Crippen LogP contribution is 2.21. The van der Waals surface area contributed by atoms with Crippen molar-refractivity contribution in [3.63, 3.8) is 0 Å². The Balaban J connectivity index is 1.43. The standard InChI is InChI=1S/C29H33ClI2N4O2/c1-18(2)33-9-7-27-29(38)36(17-19-11-23(30)15-25(32)12-19)10-8-26(35-27)16-34-28(37)22-4-3-21-14-24(31)6-5-20(21)13-22/h3-6,11-15,18,26-27,33,35H,7-10,16-17H2,1-2H3,(H,34,37)/t26-,27-/m0/s1. The molecule has 3 aromatic carbocycles. The van der Waals surface area contributed by atoms with Crippen LogP contribution in [0.3, 0.4) is 0 Å². The van der Waals surface area contributed by atoms with Crippen LogP contribution in [0.2, 0.25) is 5.02 Å². The van der Waals surface area contributed by atoms with E-state index in [4.69, 9.17) is 11.6 Å². The highest BCUT2D eigenvalue weighted by atomic mass is 127. The van der Waals surface area contributed by atoms with Gasteiger partial charge in [0.15, 0.2) is 0 Å². The fourth-order valence-electron chi connectivity index (χ4n) is 4.72. The Bertz CT molecular complexity index is 1280. The van der Waals surface area contributed by atoms with Crippen LogP contribution in [-0.2, 0) is 11.3 Å². The Morgan fingerprint density at radius 3 is 2.61 bits per heavy atom. The molecule has 1 aliphatic heterocycles. The third kappa shape index (κ3) is 8.27. The van der Waals surface area contributed by atoms with Crippen molar-refractivity contribution in [3.05, 3.63) is 77.9 Å². The van der Waals surface area contributed by atoms with E-state index >= 15 is 0 Å². The van der Waals surface area contributed by atoms with E-state index in [2.05, 4.69) is 87.1 Å². The van der Waals surface area contributed by atoms with Gasteiger partial charge in [-0.25, -0.2) is 0 Å². The summed E-state index contributed by atoms with van der Waals surface area (Å²) < 4.78 is 2.21. The van der Waals surface area contributed by atoms with E-state index in [0.717, 1.165) is 32.9 Å². The summed E-state index contributed by atoms with van der Waals surface area (Å²) in [5.74, 6) is -0.0188. The second-order valence-electron chi connectivity index (χ2n) is 10.1. The maximum Gasteiger partial charge on any atom is 0.251 e. The summed E-state index contributed by atoms with van der Waals surface area (Å²) in [6, 6.07) is 17.9. The lowest BCUT2D eigenvalue weighted by atomic mass is 10.1. The highest BCUT2D eigenvalue weighted by Gasteiger charge is 2.31. The Morgan fingerprint density at radius 1 is 1.08 bits per heavy atom. The van der Waals surface area contributed by atoms with Gasteiger partial charge in [-0.3, -0.25) is 9.59 Å². The molecule has 3 N–H and O–H groups in total. The number of hydrogen-bond acceptors (Lipinski definition) is 4. The van der Waals surface area contributed by atoms with E-state index < -0.39 is 0 Å². The van der Waals surface area contributed by atoms with Gasteiger partial charge in [-0.1, -0.05) is 37.6 Å². The zero-order valence-electron chi connectivity index (χ0n) is 21.6. The average Bonchev–Trinajstić information content (AvgIpc) is 3.00. The first kappa shape index (κ1) is 29.5. The number of rotatable bonds is 9. The number of carbonyl (C=O) groups excluding carboxylic acids is 2. The van der Waals surface area contributed by atoms with Crippen LogP contribution < -0.4 is 16.0 Å². The molecule has 0 bridgehead atoms. The van der Waals surface area contributed by atoms with Gasteiger partial charge in [0, 0.05) is 49.4 Å². The van der Waals surface area contributed by atoms with E-state index in [1.807, 2.05) is 47.4 Å². The van der Waals surface area contributed by atoms with Gasteiger partial charge in [0.25, 0.3) is 5.91 Å². The number of nitrogens with zero attached hydrogens (tertiary/aromatic N) is 1. The first-order valence-electron chi connectivity index (χ1n) is 12.9. The van der Waals surface area contributed by atoms with Crippen molar-refractivity contribution < 1.29 is 9.59 Å². The molecule has 6 nitrogen and oxygen atoms in total. The van der Waals surface area contributed by atoms with Crippen molar-refractivity contribution in [1.29, 1.82) is 0 Å². The van der Waals surface area contributed by atoms with Crippen molar-refractivity contribution in [2.75, 3.05) is 19.6 Å². The number of hydrogen-bond donors (Lipinski definition) is 3. The zero-order chi connectivity index (χ0) is 27.2. The summed E-state index contributed by atoms with van der Waals surface area (Å²) in [5, 5.41) is 12.9. The van der Waals surface area contributed by atoms with Crippen molar-refractivity contribution >= 4 is 79.4 Å². The number of fused-ring (bicyclic) bond motifs is 1. The maximum atomic E-state index is 13.6. The molecule has 0 aromatic heterocycles. The largest absolute Gasteiger partial charge is 0.350 e. The van der Waals surface area contributed by atoms with Gasteiger partial charge in [0.2, 0.25) is 5.91 Å². The predicted molar refractivity (Wildman–Crippen MR) is 172 cm³/mol. The third-order valence-electron chi connectivity index (χ3n) is 6.65. The van der Waals surface area contributed by atoms with Gasteiger partial charge in [-0.05, 0) is 123 Å². The number of benzene rings is 3. The normalized spacial score (nSPS) is 18.2. The minimum atomic E-state index is -0.327. The van der Waals surface area contributed by atoms with Crippen LogP contribution >= 0.6 is 56.8 Å². The minimum Gasteiger partial charge on any atom is -0.350 e. The van der Waals surface area contributed by atoms with Gasteiger partial charge in [0.05, 0.1) is 6.04 Å². The van der Waals surface area contributed by atoms with Gasteiger partial charge < -0.3 is 20.9 Å². The van der Waals surface area contributed by atoms with E-state index in [0.29, 0.717) is 42.7 Å². The molecule has 9 heteroatoms. The molecule has 1 aliphatic rings. The summed E-state index contributed by atoms with van der Waals surface area (Å²) in [4.78, 5) is 28.5. The van der Waals surface area contributed by atoms with Gasteiger partial charge in [0.1, 0.15) is 0 Å². The van der Waals surface area contributed by atoms with Gasteiger partial charge in [-0.2, -0.15) is 0 Å². The minimum absolute atomic E-state index is 0.0153. The summed E-state index contributed by atoms with van der Waals surface area (Å²) in [5.41, 5.74) is 1.66. The van der Waals surface area contributed by atoms with Gasteiger partial charge in [-0.15, -0.1) is 0 Å². The summed E-state index contributed by atoms with van der Waals surface area (Å²) in [6.45, 7) is 6.51. The lowest BCUT2D eigenvalue weighted by molar-refractivity contribution is -0.133. The first-order chi connectivity index (χ1) is 18.2. The molecule has 0 spiro atoms. The fraction of sp³-hybridized carbons (Fsp3) is 0.379. The van der Waals surface area contributed by atoms with Crippen LogP contribution in [0.5, 0.6) is 0 Å². The average molecular weight is 759 g/mol. The molecule has 4 rings (SSSR count). The quantitative estimate of drug-likeness (QED) is 0.250. The molecule has 0 aliphatic carbocycles. The number of amides is 2. The molecule has 3 aromatic rings. The second-order valence-corrected chi connectivity index (χ2v) is 13.0. The number of halogens is 3. The number of nitrogens with one attached hydrogen (secondary N) is 3. The molecular weight excluding hydrogens is 726 g/mol. The molecule has 2 atom stereocenters. The molecular formula is C29H33ClI2N4O2. The third-order valence-corrected chi connectivity index (χ3v) is 8.16. The van der Waals surface area contributed by atoms with Crippen molar-refractivity contribution in [2.24, 2.45) is 0 Å². The van der Waals surface area contributed by atoms with E-state index in [1.54, 1.807) is 0 Å². The van der Waals surface area contributed by atoms with Crippen LogP contribution in [-0.4, -0.2) is 54.5 Å². The predicted octanol–water partition coefficient (Wildman–Crippen LogP) is 5.58. The topological polar surface area (TPSA) is 73.5 Å². The molecule has 2 amide bonds. The lowest BCUT2D eigenvalue weighted by Gasteiger charge is -2.25. The first-order valence-corrected chi connectivity index (χ1v) is 15.4. The Labute approximate surface area is 256 Å². The van der Waals surface area contributed by atoms with E-state index in [9.17, 15) is 9.59 Å². The van der Waals surface area contributed by atoms with Crippen molar-refractivity contribution in [3.8, 4) is 0 Å². The van der Waals surface area contributed by atoms with E-state index in [-0.39, 0.29) is 23.9 Å². The van der Waals surface area contributed by atoms with Crippen LogP contribution in [0, 0.1) is 7.14 Å². The second kappa shape index (κ2) is 13.7. The van der Waals surface area contributed by atoms with Crippen LogP contribution in [0.25, 0.3) is 10.8 Å². The Kier molecular flexibility index (Phi) is 10.7. The van der Waals surface area contributed by atoms with Crippen LogP contribution in [0.4, 0.5) is 0 Å². The number of carbonyl (C=O) groups is 2. The van der Waals surface area contributed by atoms with Crippen molar-refractivity contribution in [2.45, 2.75) is 51.4 Å². The molecule has 202 valence electrons. The molecule has 0 saturated carbocycles. The monoisotopic (exact) mass is 758 g/mol. The molecule has 1 saturated heterocycles. The van der Waals surface area contributed by atoms with Crippen molar-refractivity contribution in [1.82, 2.24) is 20.9 Å².